The Kier molecular flexibility index (Phi) is 29.7. The highest BCUT2D eigenvalue weighted by molar-refractivity contribution is 9.11. The first-order valence-corrected chi connectivity index (χ1v) is 53.9. The third-order valence-electron chi connectivity index (χ3n) is 26.2. The SMILES string of the molecule is Brc1ccc2c(c1)C([n+]1ccccc1)c1ccc3c4ccccc4n(-c4ccccc4)c3c1-2.Brc1ccc2c(c1)[nH]c1ccc3c4ccccc4n(-c4ccccc4)c3c12.Brc1ccccc1.O=[N+]([O-])c1cc(Br)ccc1-c1cccc2c3ccccc3n(-c3ccccc3)c12.O=[N+]([O-])c1cc(Br)ccc1Br.OB(O)c1cccc2c3ccccc3n(-c3ccccc3)c12.c1ccc(P(c2ccccc2)c2ccccc2)cc1. The summed E-state index contributed by atoms with van der Waals surface area (Å²) in [5.74, 6) is 0. The minimum absolute atomic E-state index is 0.0689. The van der Waals surface area contributed by atoms with Crippen molar-refractivity contribution in [1.82, 2.24) is 23.3 Å². The van der Waals surface area contributed by atoms with Crippen LogP contribution in [0.5, 0.6) is 0 Å². The van der Waals surface area contributed by atoms with Gasteiger partial charge < -0.3 is 33.3 Å². The molecular formula is C126H87BBr6N8O6P+. The molecule has 0 fully saturated rings. The molecular weight excluding hydrogens is 2240 g/mol. The predicted octanol–water partition coefficient (Wildman–Crippen LogP) is 33.2. The van der Waals surface area contributed by atoms with Crippen molar-refractivity contribution in [3.05, 3.63) is 562 Å². The standard InChI is InChI=1S/C30H20BrN2.C24H15BrN2O2.C24H15BrN2.C18H14BNO2.C18H15P.C6H3Br2NO2.C6H5Br/c31-20-13-14-23-26(19-20)29(32-17-7-2-8-18-32)25-16-15-24-22-11-5-6-12-27(22)33(30(24)28(23)25)21-9-3-1-4-10-21;25-16-13-14-19(23(15-16)27(28)29)21-11-6-10-20-18-9-4-5-12-22(18)26(24(20)21)17-7-2-1-3-8-17;25-15-10-11-19-21(14-15)26-20-13-12-18-17-8-4-5-9-22(17)27(24(18)23(19)20)16-6-2-1-3-7-16;21-19(22)16-11-6-10-15-14-9-4-5-12-17(14)20(18(15)16)13-7-2-1-3-8-13;1-4-10-16(11-5-1)19(17-12-6-2-7-13-17)18-14-8-3-9-15-18;7-4-1-2-5(8)6(3-4)9(10)11;7-6-4-2-1-3-5-6/h1-19,29H;1-15H;1-14,26H;1-12,21-22H;1-15H;1-3H;1-5H/q+1;;;;;;. The lowest BCUT2D eigenvalue weighted by molar-refractivity contribution is -0.704. The van der Waals surface area contributed by atoms with E-state index in [0.29, 0.717) is 24.4 Å². The lowest BCUT2D eigenvalue weighted by atomic mass is 9.79. The van der Waals surface area contributed by atoms with Crippen LogP contribution in [0.3, 0.4) is 0 Å². The second kappa shape index (κ2) is 44.5. The molecule has 3 N–H and O–H groups in total. The van der Waals surface area contributed by atoms with Crippen LogP contribution >= 0.6 is 104 Å². The number of nitro benzene ring substituents is 2. The van der Waals surface area contributed by atoms with Gasteiger partial charge in [0.25, 0.3) is 11.4 Å². The third-order valence-corrected chi connectivity index (χ3v) is 31.8. The number of hydrogen-bond donors (Lipinski definition) is 3. The maximum absolute atomic E-state index is 11.8. The fourth-order valence-electron chi connectivity index (χ4n) is 20.0. The zero-order valence-electron chi connectivity index (χ0n) is 78.9. The number of nitrogens with zero attached hydrogens (tertiary/aromatic N) is 7. The van der Waals surface area contributed by atoms with E-state index in [1.807, 2.05) is 140 Å². The molecule has 0 radical (unpaired) electrons. The molecule has 1 aliphatic rings. The van der Waals surface area contributed by atoms with Crippen molar-refractivity contribution in [3.8, 4) is 45.0 Å². The van der Waals surface area contributed by atoms with Crippen molar-refractivity contribution in [2.75, 3.05) is 0 Å². The molecule has 6 heterocycles. The van der Waals surface area contributed by atoms with E-state index >= 15 is 0 Å². The zero-order chi connectivity index (χ0) is 101. The van der Waals surface area contributed by atoms with E-state index in [9.17, 15) is 30.3 Å². The quantitative estimate of drug-likeness (QED) is 0.0362. The minimum atomic E-state index is -1.50. The molecule has 0 aliphatic heterocycles. The molecule has 0 spiro atoms. The monoisotopic (exact) mass is 2320 g/mol. The van der Waals surface area contributed by atoms with Gasteiger partial charge in [-0.15, -0.1) is 0 Å². The number of rotatable bonds is 12. The number of H-pyrrole nitrogens is 1. The second-order valence-electron chi connectivity index (χ2n) is 35.1. The summed E-state index contributed by atoms with van der Waals surface area (Å²) in [5, 5.41) is 57.8. The molecule has 0 saturated carbocycles. The average Bonchev–Trinajstić information content (AvgIpc) is 2.05. The van der Waals surface area contributed by atoms with Gasteiger partial charge in [0.1, 0.15) is 0 Å². The third kappa shape index (κ3) is 20.1. The van der Waals surface area contributed by atoms with Gasteiger partial charge in [0.05, 0.1) is 64.0 Å². The highest BCUT2D eigenvalue weighted by Gasteiger charge is 2.39. The number of pyridine rings is 1. The summed E-state index contributed by atoms with van der Waals surface area (Å²) in [4.78, 5) is 24.9. The Hall–Kier alpha value is -15.4. The summed E-state index contributed by atoms with van der Waals surface area (Å²) >= 11 is 20.2. The Bertz CT molecular complexity index is 9270. The summed E-state index contributed by atoms with van der Waals surface area (Å²) in [7, 11) is -1.95. The van der Waals surface area contributed by atoms with Crippen LogP contribution in [0.25, 0.3) is 154 Å². The Labute approximate surface area is 904 Å². The first-order chi connectivity index (χ1) is 72.5. The average molecular weight is 2330 g/mol. The van der Waals surface area contributed by atoms with Crippen molar-refractivity contribution < 1.29 is 24.5 Å². The van der Waals surface area contributed by atoms with Crippen molar-refractivity contribution in [2.45, 2.75) is 6.04 Å². The van der Waals surface area contributed by atoms with Crippen molar-refractivity contribution in [3.63, 3.8) is 0 Å². The Morgan fingerprint density at radius 1 is 0.284 bits per heavy atom. The van der Waals surface area contributed by atoms with E-state index in [4.69, 9.17) is 0 Å². The summed E-state index contributed by atoms with van der Waals surface area (Å²) in [6, 6.07) is 168. The van der Waals surface area contributed by atoms with Crippen LogP contribution in [0.1, 0.15) is 17.2 Å². The van der Waals surface area contributed by atoms with Crippen molar-refractivity contribution in [2.24, 2.45) is 0 Å². The Morgan fingerprint density at radius 3 is 1.11 bits per heavy atom. The molecule has 26 aromatic rings. The van der Waals surface area contributed by atoms with Crippen LogP contribution in [-0.4, -0.2) is 50.3 Å². The minimum Gasteiger partial charge on any atom is -0.423 e. The first-order valence-electron chi connectivity index (χ1n) is 47.8. The first kappa shape index (κ1) is 98.7. The van der Waals surface area contributed by atoms with E-state index in [1.54, 1.807) is 24.3 Å². The van der Waals surface area contributed by atoms with E-state index in [-0.39, 0.29) is 22.3 Å². The number of aromatic amines is 1. The van der Waals surface area contributed by atoms with Gasteiger partial charge in [-0.25, -0.2) is 0 Å². The van der Waals surface area contributed by atoms with Gasteiger partial charge >= 0.3 is 7.12 Å². The molecule has 1 unspecified atom stereocenters. The lowest BCUT2D eigenvalue weighted by Gasteiger charge is -2.18. The molecule has 6 aromatic heterocycles. The Morgan fingerprint density at radius 2 is 0.642 bits per heavy atom. The highest BCUT2D eigenvalue weighted by Crippen LogP contribution is 2.51. The van der Waals surface area contributed by atoms with Gasteiger partial charge in [-0.1, -0.05) is 407 Å². The predicted molar refractivity (Wildman–Crippen MR) is 635 cm³/mol. The summed E-state index contributed by atoms with van der Waals surface area (Å²) in [6.07, 6.45) is 4.34. The van der Waals surface area contributed by atoms with Crippen LogP contribution in [0.4, 0.5) is 11.4 Å². The molecule has 0 bridgehead atoms. The molecule has 1 aliphatic carbocycles. The molecule has 0 amide bonds. The van der Waals surface area contributed by atoms with Crippen molar-refractivity contribution >= 4 is 252 Å². The number of halogens is 6. The number of nitro groups is 2. The molecule has 716 valence electrons. The van der Waals surface area contributed by atoms with Crippen LogP contribution in [0, 0.1) is 20.2 Å². The van der Waals surface area contributed by atoms with Crippen molar-refractivity contribution in [1.29, 1.82) is 0 Å². The van der Waals surface area contributed by atoms with E-state index in [1.165, 1.54) is 110 Å². The zero-order valence-corrected chi connectivity index (χ0v) is 89.4. The van der Waals surface area contributed by atoms with Gasteiger partial charge in [0.2, 0.25) is 6.04 Å². The van der Waals surface area contributed by atoms with E-state index in [0.717, 1.165) is 85.0 Å². The Balaban J connectivity index is 0.000000105. The number of fused-ring (bicyclic) bond motifs is 20. The number of aromatic nitrogens is 6. The van der Waals surface area contributed by atoms with Gasteiger partial charge in [-0.3, -0.25) is 20.2 Å². The maximum atomic E-state index is 11.8. The number of para-hydroxylation sites is 10. The smallest absolute Gasteiger partial charge is 0.423 e. The number of hydrogen-bond acceptors (Lipinski definition) is 6. The van der Waals surface area contributed by atoms with Gasteiger partial charge in [-0.2, -0.15) is 4.57 Å². The van der Waals surface area contributed by atoms with Gasteiger partial charge in [0.15, 0.2) is 12.4 Å². The largest absolute Gasteiger partial charge is 0.490 e. The maximum Gasteiger partial charge on any atom is 0.490 e. The molecule has 27 rings (SSSR count). The van der Waals surface area contributed by atoms with Crippen LogP contribution < -0.4 is 25.9 Å². The van der Waals surface area contributed by atoms with E-state index < -0.39 is 20.0 Å². The van der Waals surface area contributed by atoms with E-state index in [2.05, 4.69) is 457 Å². The molecule has 0 saturated heterocycles. The highest BCUT2D eigenvalue weighted by atomic mass is 79.9. The fourth-order valence-corrected chi connectivity index (χ4v) is 24.5. The fraction of sp³-hybridized carbons (Fsp3) is 0.00794. The van der Waals surface area contributed by atoms with Crippen LogP contribution in [0.15, 0.2) is 531 Å². The summed E-state index contributed by atoms with van der Waals surface area (Å²) in [6.45, 7) is 0. The second-order valence-corrected chi connectivity index (χ2v) is 42.7. The lowest BCUT2D eigenvalue weighted by Crippen LogP contribution is -2.38. The number of benzene rings is 20. The van der Waals surface area contributed by atoms with Crippen LogP contribution in [0.2, 0.25) is 0 Å². The van der Waals surface area contributed by atoms with Gasteiger partial charge in [0, 0.05) is 162 Å². The molecule has 148 heavy (non-hydrogen) atoms. The molecule has 1 atom stereocenters. The van der Waals surface area contributed by atoms with Gasteiger partial charge in [-0.05, 0) is 185 Å². The number of nitrogens with one attached hydrogen (secondary N) is 1. The summed E-state index contributed by atoms with van der Waals surface area (Å²) < 4.78 is 16.6. The molecule has 14 nitrogen and oxygen atoms in total. The molecule has 22 heteroatoms. The summed E-state index contributed by atoms with van der Waals surface area (Å²) in [5.41, 5.74) is 23.0. The molecule has 20 aromatic carbocycles. The topological polar surface area (TPSA) is 166 Å². The van der Waals surface area contributed by atoms with Crippen LogP contribution in [-0.2, 0) is 0 Å². The normalized spacial score (nSPS) is 11.8.